The molecule has 4 aromatic heterocycles. The monoisotopic (exact) mass is 559 g/mol. The Balaban J connectivity index is 1.19. The van der Waals surface area contributed by atoms with Crippen molar-refractivity contribution >= 4 is 22.9 Å². The van der Waals surface area contributed by atoms with E-state index in [-0.39, 0.29) is 6.61 Å². The molecule has 4 aromatic rings. The SMILES string of the molecule is COc1ncc(CN2C3CC2CN(c2ccc(-c4cc(OCC(C)(C)O)cn5ncc(C#N)c45)cn2)C3)cc1Cl. The molecule has 206 valence electrons. The molecule has 0 saturated carbocycles. The Kier molecular flexibility index (Phi) is 6.74. The number of nitriles is 1. The van der Waals surface area contributed by atoms with E-state index in [1.54, 1.807) is 37.9 Å². The van der Waals surface area contributed by atoms with E-state index in [1.165, 1.54) is 6.42 Å². The first kappa shape index (κ1) is 26.3. The second-order valence-corrected chi connectivity index (χ2v) is 11.4. The number of methoxy groups -OCH3 is 1. The maximum absolute atomic E-state index is 10.1. The summed E-state index contributed by atoms with van der Waals surface area (Å²) in [4.78, 5) is 13.9. The zero-order chi connectivity index (χ0) is 28.0. The Hall–Kier alpha value is -3.91. The fraction of sp³-hybridized carbons (Fsp3) is 0.379. The summed E-state index contributed by atoms with van der Waals surface area (Å²) < 4.78 is 12.7. The molecule has 10 nitrogen and oxygen atoms in total. The molecule has 1 N–H and O–H groups in total. The zero-order valence-electron chi connectivity index (χ0n) is 22.6. The first-order valence-corrected chi connectivity index (χ1v) is 13.5. The number of hydrogen-bond donors (Lipinski definition) is 1. The van der Waals surface area contributed by atoms with Crippen LogP contribution in [0.2, 0.25) is 5.02 Å². The second-order valence-electron chi connectivity index (χ2n) is 11.0. The smallest absolute Gasteiger partial charge is 0.232 e. The lowest BCUT2D eigenvalue weighted by atomic mass is 9.87. The fourth-order valence-corrected chi connectivity index (χ4v) is 5.78. The first-order chi connectivity index (χ1) is 19.2. The van der Waals surface area contributed by atoms with Gasteiger partial charge in [0.25, 0.3) is 0 Å². The lowest BCUT2D eigenvalue weighted by Crippen LogP contribution is -2.68. The molecule has 0 radical (unpaired) electrons. The zero-order valence-corrected chi connectivity index (χ0v) is 23.3. The lowest BCUT2D eigenvalue weighted by Gasteiger charge is -2.56. The van der Waals surface area contributed by atoms with E-state index in [2.05, 4.69) is 26.0 Å². The molecule has 0 spiro atoms. The summed E-state index contributed by atoms with van der Waals surface area (Å²) in [6, 6.07) is 11.0. The van der Waals surface area contributed by atoms with E-state index in [0.717, 1.165) is 42.1 Å². The number of anilines is 1. The molecule has 40 heavy (non-hydrogen) atoms. The van der Waals surface area contributed by atoms with Crippen LogP contribution in [-0.4, -0.2) is 74.1 Å². The number of piperazine rings is 1. The number of nitrogens with zero attached hydrogens (tertiary/aromatic N) is 7. The maximum Gasteiger partial charge on any atom is 0.232 e. The molecule has 0 aromatic carbocycles. The van der Waals surface area contributed by atoms with Crippen molar-refractivity contribution in [3.8, 4) is 28.8 Å². The largest absolute Gasteiger partial charge is 0.489 e. The van der Waals surface area contributed by atoms with Crippen LogP contribution in [0, 0.1) is 11.3 Å². The van der Waals surface area contributed by atoms with Crippen LogP contribution < -0.4 is 14.4 Å². The molecule has 2 atom stereocenters. The lowest BCUT2D eigenvalue weighted by molar-refractivity contribution is -0.00876. The minimum Gasteiger partial charge on any atom is -0.489 e. The Bertz CT molecular complexity index is 1580. The molecule has 2 bridgehead atoms. The highest BCUT2D eigenvalue weighted by Gasteiger charge is 2.44. The average Bonchev–Trinajstić information content (AvgIpc) is 3.37. The predicted molar refractivity (Wildman–Crippen MR) is 151 cm³/mol. The van der Waals surface area contributed by atoms with Gasteiger partial charge in [0, 0.05) is 55.2 Å². The van der Waals surface area contributed by atoms with Gasteiger partial charge in [-0.15, -0.1) is 0 Å². The number of pyridine rings is 3. The van der Waals surface area contributed by atoms with Gasteiger partial charge in [0.05, 0.1) is 36.2 Å². The fourth-order valence-electron chi connectivity index (χ4n) is 5.52. The van der Waals surface area contributed by atoms with Crippen LogP contribution in [-0.2, 0) is 6.54 Å². The Morgan fingerprint density at radius 2 is 1.95 bits per heavy atom. The summed E-state index contributed by atoms with van der Waals surface area (Å²) >= 11 is 6.28. The van der Waals surface area contributed by atoms with Gasteiger partial charge in [0.15, 0.2) is 0 Å². The molecule has 11 heteroatoms. The number of ether oxygens (including phenoxy) is 2. The van der Waals surface area contributed by atoms with Gasteiger partial charge in [-0.3, -0.25) is 4.90 Å². The van der Waals surface area contributed by atoms with Crippen LogP contribution in [0.15, 0.2) is 49.1 Å². The highest BCUT2D eigenvalue weighted by molar-refractivity contribution is 6.31. The van der Waals surface area contributed by atoms with Gasteiger partial charge in [-0.1, -0.05) is 11.6 Å². The molecule has 3 saturated heterocycles. The van der Waals surface area contributed by atoms with Gasteiger partial charge >= 0.3 is 0 Å². The summed E-state index contributed by atoms with van der Waals surface area (Å²) in [5.74, 6) is 1.92. The van der Waals surface area contributed by atoms with E-state index >= 15 is 0 Å². The predicted octanol–water partition coefficient (Wildman–Crippen LogP) is 3.94. The Labute approximate surface area is 237 Å². The van der Waals surface area contributed by atoms with Crippen molar-refractivity contribution in [2.24, 2.45) is 0 Å². The van der Waals surface area contributed by atoms with Crippen LogP contribution in [0.4, 0.5) is 5.82 Å². The summed E-state index contributed by atoms with van der Waals surface area (Å²) in [5.41, 5.74) is 2.90. The third-order valence-electron chi connectivity index (χ3n) is 7.45. The standard InChI is InChI=1S/C29H30ClN7O3/c1-29(2,38)17-40-23-8-24(27-20(9-31)12-34-37(27)16-23)19-4-5-26(32-11-19)35-14-21-7-22(15-35)36(21)13-18-6-25(30)28(39-3)33-10-18/h4-6,8,10-12,16,21-22,38H,7,13-15,17H2,1-3H3. The number of rotatable bonds is 8. The first-order valence-electron chi connectivity index (χ1n) is 13.1. The van der Waals surface area contributed by atoms with Gasteiger partial charge in [-0.2, -0.15) is 10.4 Å². The van der Waals surface area contributed by atoms with Gasteiger partial charge in [-0.05, 0) is 50.1 Å². The summed E-state index contributed by atoms with van der Waals surface area (Å²) in [5, 5.41) is 24.6. The van der Waals surface area contributed by atoms with Crippen LogP contribution in [0.25, 0.3) is 16.6 Å². The van der Waals surface area contributed by atoms with Gasteiger partial charge in [0.2, 0.25) is 5.88 Å². The molecule has 3 aliphatic rings. The molecule has 3 aliphatic heterocycles. The average molecular weight is 560 g/mol. The van der Waals surface area contributed by atoms with E-state index in [4.69, 9.17) is 26.1 Å². The van der Waals surface area contributed by atoms with Gasteiger partial charge < -0.3 is 19.5 Å². The van der Waals surface area contributed by atoms with E-state index in [0.29, 0.717) is 39.8 Å². The topological polar surface area (TPSA) is 112 Å². The molecule has 0 amide bonds. The molecular weight excluding hydrogens is 530 g/mol. The van der Waals surface area contributed by atoms with E-state index in [9.17, 15) is 10.4 Å². The van der Waals surface area contributed by atoms with Crippen molar-refractivity contribution in [2.45, 2.75) is 44.5 Å². The molecule has 7 heterocycles. The van der Waals surface area contributed by atoms with Gasteiger partial charge in [-0.25, -0.2) is 14.5 Å². The second kappa shape index (κ2) is 10.2. The van der Waals surface area contributed by atoms with Crippen molar-refractivity contribution in [3.05, 3.63) is 65.2 Å². The minimum atomic E-state index is -0.983. The maximum atomic E-state index is 10.1. The van der Waals surface area contributed by atoms with E-state index in [1.807, 2.05) is 36.7 Å². The quantitative estimate of drug-likeness (QED) is 0.343. The van der Waals surface area contributed by atoms with Crippen molar-refractivity contribution in [3.63, 3.8) is 0 Å². The van der Waals surface area contributed by atoms with Crippen molar-refractivity contribution in [1.82, 2.24) is 24.5 Å². The number of hydrogen-bond acceptors (Lipinski definition) is 9. The van der Waals surface area contributed by atoms with Crippen LogP contribution >= 0.6 is 11.6 Å². The minimum absolute atomic E-state index is 0.123. The Morgan fingerprint density at radius 1 is 1.15 bits per heavy atom. The van der Waals surface area contributed by atoms with Gasteiger partial charge in [0.1, 0.15) is 29.3 Å². The van der Waals surface area contributed by atoms with Crippen molar-refractivity contribution < 1.29 is 14.6 Å². The number of aliphatic hydroxyl groups is 1. The molecule has 0 aliphatic carbocycles. The third kappa shape index (κ3) is 5.04. The molecule has 2 unspecified atom stereocenters. The summed E-state index contributed by atoms with van der Waals surface area (Å²) in [6.45, 7) is 6.09. The third-order valence-corrected chi connectivity index (χ3v) is 7.72. The molecule has 7 rings (SSSR count). The van der Waals surface area contributed by atoms with Crippen molar-refractivity contribution in [2.75, 3.05) is 31.7 Å². The van der Waals surface area contributed by atoms with Crippen LogP contribution in [0.5, 0.6) is 11.6 Å². The van der Waals surface area contributed by atoms with Crippen molar-refractivity contribution in [1.29, 1.82) is 5.26 Å². The van der Waals surface area contributed by atoms with E-state index < -0.39 is 5.60 Å². The summed E-state index contributed by atoms with van der Waals surface area (Å²) in [7, 11) is 1.57. The van der Waals surface area contributed by atoms with Crippen LogP contribution in [0.1, 0.15) is 31.4 Å². The number of fused-ring (bicyclic) bond motifs is 3. The number of piperidine rings is 1. The molecular formula is C29H30ClN7O3. The highest BCUT2D eigenvalue weighted by atomic mass is 35.5. The Morgan fingerprint density at radius 3 is 2.60 bits per heavy atom. The van der Waals surface area contributed by atoms with Crippen LogP contribution in [0.3, 0.4) is 0 Å². The normalized spacial score (nSPS) is 18.9. The number of aromatic nitrogens is 4. The molecule has 3 fully saturated rings. The number of halogens is 1. The summed E-state index contributed by atoms with van der Waals surface area (Å²) in [6.07, 6.45) is 8.09. The highest BCUT2D eigenvalue weighted by Crippen LogP contribution is 2.37.